The number of fused-ring (bicyclic) bond motifs is 1. The van der Waals surface area contributed by atoms with Crippen LogP contribution in [0.4, 0.5) is 0 Å². The lowest BCUT2D eigenvalue weighted by Crippen LogP contribution is -2.02. The second-order valence-corrected chi connectivity index (χ2v) is 2.34. The fourth-order valence-electron chi connectivity index (χ4n) is 1.18. The zero-order valence-corrected chi connectivity index (χ0v) is 5.42. The van der Waals surface area contributed by atoms with Crippen LogP contribution >= 0.6 is 0 Å². The van der Waals surface area contributed by atoms with E-state index in [9.17, 15) is 4.79 Å². The SMILES string of the molecule is O=C1C=CCc2[nH]ccc21. The summed E-state index contributed by atoms with van der Waals surface area (Å²) in [6.07, 6.45) is 6.15. The van der Waals surface area contributed by atoms with E-state index in [2.05, 4.69) is 4.98 Å². The van der Waals surface area contributed by atoms with Crippen molar-refractivity contribution < 1.29 is 4.79 Å². The maximum absolute atomic E-state index is 11.0. The lowest BCUT2D eigenvalue weighted by atomic mass is 10.0. The molecule has 50 valence electrons. The number of allylic oxidation sites excluding steroid dienone is 2. The maximum Gasteiger partial charge on any atom is 0.187 e. The van der Waals surface area contributed by atoms with E-state index in [0.29, 0.717) is 0 Å². The van der Waals surface area contributed by atoms with E-state index in [1.807, 2.05) is 12.1 Å². The summed E-state index contributed by atoms with van der Waals surface area (Å²) < 4.78 is 0. The maximum atomic E-state index is 11.0. The van der Waals surface area contributed by atoms with Gasteiger partial charge in [-0.1, -0.05) is 6.08 Å². The van der Waals surface area contributed by atoms with E-state index in [0.717, 1.165) is 17.7 Å². The summed E-state index contributed by atoms with van der Waals surface area (Å²) in [7, 11) is 0. The number of hydrogen-bond donors (Lipinski definition) is 1. The lowest BCUT2D eigenvalue weighted by Gasteiger charge is -2.01. The fraction of sp³-hybridized carbons (Fsp3) is 0.125. The molecule has 0 aromatic carbocycles. The topological polar surface area (TPSA) is 32.9 Å². The number of nitrogens with one attached hydrogen (secondary N) is 1. The van der Waals surface area contributed by atoms with Crippen molar-refractivity contribution in [3.05, 3.63) is 35.7 Å². The Labute approximate surface area is 58.6 Å². The van der Waals surface area contributed by atoms with Crippen molar-refractivity contribution in [3.8, 4) is 0 Å². The predicted octanol–water partition coefficient (Wildman–Crippen LogP) is 1.31. The van der Waals surface area contributed by atoms with E-state index < -0.39 is 0 Å². The van der Waals surface area contributed by atoms with Crippen LogP contribution in [0.15, 0.2) is 24.4 Å². The van der Waals surface area contributed by atoms with Crippen molar-refractivity contribution in [2.24, 2.45) is 0 Å². The molecule has 1 aromatic heterocycles. The van der Waals surface area contributed by atoms with Crippen molar-refractivity contribution in [2.45, 2.75) is 6.42 Å². The third kappa shape index (κ3) is 0.620. The van der Waals surface area contributed by atoms with Gasteiger partial charge in [0.05, 0.1) is 0 Å². The molecule has 1 aromatic rings. The molecular weight excluding hydrogens is 126 g/mol. The van der Waals surface area contributed by atoms with Gasteiger partial charge in [-0.25, -0.2) is 0 Å². The highest BCUT2D eigenvalue weighted by atomic mass is 16.1. The molecule has 1 heterocycles. The summed E-state index contributed by atoms with van der Waals surface area (Å²) in [5.41, 5.74) is 1.86. The minimum atomic E-state index is 0.113. The fourth-order valence-corrected chi connectivity index (χ4v) is 1.18. The number of H-pyrrole nitrogens is 1. The van der Waals surface area contributed by atoms with Crippen molar-refractivity contribution in [1.82, 2.24) is 4.98 Å². The van der Waals surface area contributed by atoms with Crippen molar-refractivity contribution in [2.75, 3.05) is 0 Å². The Bertz CT molecular complexity index is 296. The van der Waals surface area contributed by atoms with Crippen LogP contribution in [0.25, 0.3) is 0 Å². The quantitative estimate of drug-likeness (QED) is 0.568. The van der Waals surface area contributed by atoms with Crippen LogP contribution in [0.3, 0.4) is 0 Å². The third-order valence-corrected chi connectivity index (χ3v) is 1.69. The number of hydrogen-bond acceptors (Lipinski definition) is 1. The monoisotopic (exact) mass is 133 g/mol. The first-order valence-corrected chi connectivity index (χ1v) is 3.25. The first kappa shape index (κ1) is 5.47. The van der Waals surface area contributed by atoms with Gasteiger partial charge in [0, 0.05) is 23.9 Å². The number of ketones is 1. The Morgan fingerprint density at radius 2 is 2.40 bits per heavy atom. The van der Waals surface area contributed by atoms with Gasteiger partial charge in [-0.05, 0) is 12.1 Å². The minimum absolute atomic E-state index is 0.113. The normalized spacial score (nSPS) is 15.4. The predicted molar refractivity (Wildman–Crippen MR) is 38.0 cm³/mol. The molecule has 1 aliphatic carbocycles. The Hall–Kier alpha value is -1.31. The molecule has 2 nitrogen and oxygen atoms in total. The van der Waals surface area contributed by atoms with Crippen LogP contribution in [-0.2, 0) is 6.42 Å². The van der Waals surface area contributed by atoms with Gasteiger partial charge >= 0.3 is 0 Å². The minimum Gasteiger partial charge on any atom is -0.364 e. The molecule has 0 unspecified atom stereocenters. The molecule has 0 saturated heterocycles. The lowest BCUT2D eigenvalue weighted by molar-refractivity contribution is 0.104. The zero-order valence-electron chi connectivity index (χ0n) is 5.42. The van der Waals surface area contributed by atoms with Gasteiger partial charge in [0.2, 0.25) is 0 Å². The largest absolute Gasteiger partial charge is 0.364 e. The summed E-state index contributed by atoms with van der Waals surface area (Å²) in [6, 6.07) is 1.82. The standard InChI is InChI=1S/C8H7NO/c10-8-3-1-2-7-6(8)4-5-9-7/h1,3-5,9H,2H2. The number of aromatic amines is 1. The summed E-state index contributed by atoms with van der Waals surface area (Å²) in [5.74, 6) is 0.113. The second kappa shape index (κ2) is 1.84. The molecule has 1 aliphatic rings. The first-order chi connectivity index (χ1) is 4.88. The van der Waals surface area contributed by atoms with Gasteiger partial charge < -0.3 is 4.98 Å². The van der Waals surface area contributed by atoms with E-state index in [4.69, 9.17) is 0 Å². The second-order valence-electron chi connectivity index (χ2n) is 2.34. The van der Waals surface area contributed by atoms with Gasteiger partial charge in [0.15, 0.2) is 5.78 Å². The van der Waals surface area contributed by atoms with Crippen molar-refractivity contribution in [1.29, 1.82) is 0 Å². The molecule has 0 fully saturated rings. The summed E-state index contributed by atoms with van der Waals surface area (Å²) in [4.78, 5) is 14.1. The summed E-state index contributed by atoms with van der Waals surface area (Å²) in [6.45, 7) is 0. The van der Waals surface area contributed by atoms with Crippen LogP contribution in [-0.4, -0.2) is 10.8 Å². The van der Waals surface area contributed by atoms with Gasteiger partial charge in [-0.2, -0.15) is 0 Å². The van der Waals surface area contributed by atoms with E-state index in [1.165, 1.54) is 0 Å². The molecule has 0 amide bonds. The van der Waals surface area contributed by atoms with Crippen molar-refractivity contribution >= 4 is 5.78 Å². The number of rotatable bonds is 0. The van der Waals surface area contributed by atoms with Gasteiger partial charge in [0.1, 0.15) is 0 Å². The van der Waals surface area contributed by atoms with E-state index in [1.54, 1.807) is 12.3 Å². The first-order valence-electron chi connectivity index (χ1n) is 3.25. The average Bonchev–Trinajstić information content (AvgIpc) is 2.36. The Balaban J connectivity index is 2.58. The Kier molecular flexibility index (Phi) is 1.01. The summed E-state index contributed by atoms with van der Waals surface area (Å²) >= 11 is 0. The molecule has 1 N–H and O–H groups in total. The molecule has 10 heavy (non-hydrogen) atoms. The van der Waals surface area contributed by atoms with Crippen LogP contribution in [0.5, 0.6) is 0 Å². The van der Waals surface area contributed by atoms with E-state index >= 15 is 0 Å². The highest BCUT2D eigenvalue weighted by Crippen LogP contribution is 2.13. The van der Waals surface area contributed by atoms with Gasteiger partial charge in [-0.15, -0.1) is 0 Å². The molecule has 2 rings (SSSR count). The molecule has 0 bridgehead atoms. The molecule has 0 saturated carbocycles. The highest BCUT2D eigenvalue weighted by Gasteiger charge is 2.11. The smallest absolute Gasteiger partial charge is 0.187 e. The Morgan fingerprint density at radius 1 is 1.50 bits per heavy atom. The van der Waals surface area contributed by atoms with Crippen LogP contribution in [0.1, 0.15) is 16.1 Å². The van der Waals surface area contributed by atoms with E-state index in [-0.39, 0.29) is 5.78 Å². The summed E-state index contributed by atoms with van der Waals surface area (Å²) in [5, 5.41) is 0. The molecule has 0 atom stereocenters. The van der Waals surface area contributed by atoms with Gasteiger partial charge in [-0.3, -0.25) is 4.79 Å². The third-order valence-electron chi connectivity index (χ3n) is 1.69. The molecule has 2 heteroatoms. The van der Waals surface area contributed by atoms with Crippen LogP contribution in [0.2, 0.25) is 0 Å². The molecule has 0 spiro atoms. The molecule has 0 aliphatic heterocycles. The number of aromatic nitrogens is 1. The van der Waals surface area contributed by atoms with Crippen molar-refractivity contribution in [3.63, 3.8) is 0 Å². The Morgan fingerprint density at radius 3 is 3.20 bits per heavy atom. The number of carbonyl (C=O) groups is 1. The van der Waals surface area contributed by atoms with Gasteiger partial charge in [0.25, 0.3) is 0 Å². The number of carbonyl (C=O) groups excluding carboxylic acids is 1. The zero-order chi connectivity index (χ0) is 6.97. The van der Waals surface area contributed by atoms with Crippen LogP contribution in [0, 0.1) is 0 Å². The van der Waals surface area contributed by atoms with Crippen LogP contribution < -0.4 is 0 Å². The average molecular weight is 133 g/mol. The molecular formula is C8H7NO. The highest BCUT2D eigenvalue weighted by molar-refractivity contribution is 6.06. The molecule has 0 radical (unpaired) electrons.